The Morgan fingerprint density at radius 3 is 2.63 bits per heavy atom. The number of halogens is 1. The molecule has 2 aromatic heterocycles. The fourth-order valence-corrected chi connectivity index (χ4v) is 3.59. The zero-order valence-corrected chi connectivity index (χ0v) is 20.0. The van der Waals surface area contributed by atoms with Gasteiger partial charge in [0.05, 0.1) is 5.69 Å². The van der Waals surface area contributed by atoms with Crippen molar-refractivity contribution in [3.63, 3.8) is 0 Å². The van der Waals surface area contributed by atoms with Gasteiger partial charge in [-0.25, -0.2) is 4.79 Å². The van der Waals surface area contributed by atoms with Crippen LogP contribution in [0.25, 0.3) is 17.2 Å². The molecule has 35 heavy (non-hydrogen) atoms. The molecule has 0 atom stereocenters. The SMILES string of the molecule is CCn1c(=O)c(-c2noc(CCC(=O)NCc3cccc(C)c3)n2)nn(-c2ccc(Cl)cc2)c1=O. The van der Waals surface area contributed by atoms with Crippen LogP contribution in [0.3, 0.4) is 0 Å². The maximum atomic E-state index is 12.9. The summed E-state index contributed by atoms with van der Waals surface area (Å²) in [7, 11) is 0. The lowest BCUT2D eigenvalue weighted by atomic mass is 10.1. The highest BCUT2D eigenvalue weighted by atomic mass is 35.5. The second-order valence-corrected chi connectivity index (χ2v) is 8.28. The van der Waals surface area contributed by atoms with Crippen LogP contribution in [-0.2, 0) is 24.3 Å². The number of carbonyl (C=O) groups is 1. The van der Waals surface area contributed by atoms with Crippen molar-refractivity contribution in [1.82, 2.24) is 29.8 Å². The Balaban J connectivity index is 1.51. The van der Waals surface area contributed by atoms with Gasteiger partial charge in [-0.3, -0.25) is 14.2 Å². The molecule has 0 radical (unpaired) electrons. The number of rotatable bonds is 8. The lowest BCUT2D eigenvalue weighted by Gasteiger charge is -2.09. The molecule has 0 unspecified atom stereocenters. The Bertz CT molecular complexity index is 1470. The molecule has 0 aliphatic carbocycles. The Kier molecular flexibility index (Phi) is 7.21. The quantitative estimate of drug-likeness (QED) is 0.399. The number of nitrogens with zero attached hydrogens (tertiary/aromatic N) is 5. The summed E-state index contributed by atoms with van der Waals surface area (Å²) >= 11 is 5.94. The van der Waals surface area contributed by atoms with E-state index in [0.29, 0.717) is 17.3 Å². The van der Waals surface area contributed by atoms with Crippen molar-refractivity contribution in [3.8, 4) is 17.2 Å². The van der Waals surface area contributed by atoms with Crippen LogP contribution in [0.4, 0.5) is 0 Å². The van der Waals surface area contributed by atoms with Crippen LogP contribution in [0.1, 0.15) is 30.4 Å². The van der Waals surface area contributed by atoms with Crippen molar-refractivity contribution in [2.24, 2.45) is 0 Å². The molecule has 1 N–H and O–H groups in total. The Morgan fingerprint density at radius 1 is 1.14 bits per heavy atom. The van der Waals surface area contributed by atoms with Crippen LogP contribution in [0.5, 0.6) is 0 Å². The van der Waals surface area contributed by atoms with E-state index in [9.17, 15) is 14.4 Å². The number of nitrogens with one attached hydrogen (secondary N) is 1. The molecular formula is C24H23ClN6O4. The van der Waals surface area contributed by atoms with E-state index in [1.165, 1.54) is 0 Å². The van der Waals surface area contributed by atoms with Crippen molar-refractivity contribution in [2.45, 2.75) is 39.8 Å². The molecule has 0 aliphatic rings. The fourth-order valence-electron chi connectivity index (χ4n) is 3.47. The highest BCUT2D eigenvalue weighted by molar-refractivity contribution is 6.30. The van der Waals surface area contributed by atoms with Crippen molar-refractivity contribution in [1.29, 1.82) is 0 Å². The van der Waals surface area contributed by atoms with Gasteiger partial charge in [0.15, 0.2) is 5.69 Å². The summed E-state index contributed by atoms with van der Waals surface area (Å²) in [6.45, 7) is 4.22. The predicted octanol–water partition coefficient (Wildman–Crippen LogP) is 2.67. The molecule has 0 saturated heterocycles. The van der Waals surface area contributed by atoms with Crippen molar-refractivity contribution >= 4 is 17.5 Å². The van der Waals surface area contributed by atoms with Crippen LogP contribution >= 0.6 is 11.6 Å². The summed E-state index contributed by atoms with van der Waals surface area (Å²) < 4.78 is 7.36. The van der Waals surface area contributed by atoms with Gasteiger partial charge in [-0.1, -0.05) is 46.6 Å². The minimum Gasteiger partial charge on any atom is -0.352 e. The molecule has 2 heterocycles. The average molecular weight is 495 g/mol. The second-order valence-electron chi connectivity index (χ2n) is 7.85. The van der Waals surface area contributed by atoms with E-state index < -0.39 is 11.2 Å². The van der Waals surface area contributed by atoms with E-state index in [-0.39, 0.29) is 42.7 Å². The van der Waals surface area contributed by atoms with Crippen LogP contribution in [0.15, 0.2) is 62.6 Å². The zero-order valence-electron chi connectivity index (χ0n) is 19.2. The largest absolute Gasteiger partial charge is 0.352 e. The minimum atomic E-state index is -0.633. The number of aryl methyl sites for hydroxylation is 2. The topological polar surface area (TPSA) is 125 Å². The number of carbonyl (C=O) groups excluding carboxylic acids is 1. The molecule has 11 heteroatoms. The molecule has 0 saturated carbocycles. The average Bonchev–Trinajstić information content (AvgIpc) is 3.31. The number of amides is 1. The summed E-state index contributed by atoms with van der Waals surface area (Å²) in [6, 6.07) is 14.3. The van der Waals surface area contributed by atoms with Gasteiger partial charge in [0.1, 0.15) is 0 Å². The first kappa shape index (κ1) is 24.1. The summed E-state index contributed by atoms with van der Waals surface area (Å²) in [5.74, 6) is -0.0525. The van der Waals surface area contributed by atoms with E-state index >= 15 is 0 Å². The first-order valence-electron chi connectivity index (χ1n) is 11.0. The highest BCUT2D eigenvalue weighted by Crippen LogP contribution is 2.14. The third-order valence-electron chi connectivity index (χ3n) is 5.27. The number of aromatic nitrogens is 5. The first-order chi connectivity index (χ1) is 16.9. The minimum absolute atomic E-state index is 0.0601. The molecule has 4 aromatic rings. The van der Waals surface area contributed by atoms with Crippen LogP contribution < -0.4 is 16.6 Å². The Hall–Kier alpha value is -4.05. The van der Waals surface area contributed by atoms with E-state index in [1.54, 1.807) is 31.2 Å². The molecule has 0 bridgehead atoms. The predicted molar refractivity (Wildman–Crippen MR) is 129 cm³/mol. The zero-order chi connectivity index (χ0) is 24.9. The van der Waals surface area contributed by atoms with Gasteiger partial charge >= 0.3 is 5.69 Å². The smallest absolute Gasteiger partial charge is 0.352 e. The van der Waals surface area contributed by atoms with Crippen LogP contribution in [0, 0.1) is 6.92 Å². The van der Waals surface area contributed by atoms with Gasteiger partial charge in [0, 0.05) is 31.0 Å². The van der Waals surface area contributed by atoms with E-state index in [2.05, 4.69) is 20.6 Å². The summed E-state index contributed by atoms with van der Waals surface area (Å²) in [5, 5.41) is 11.4. The summed E-state index contributed by atoms with van der Waals surface area (Å²) in [6.07, 6.45) is 0.315. The maximum absolute atomic E-state index is 12.9. The first-order valence-corrected chi connectivity index (χ1v) is 11.4. The molecule has 2 aromatic carbocycles. The molecule has 0 spiro atoms. The van der Waals surface area contributed by atoms with Crippen LogP contribution in [-0.4, -0.2) is 30.4 Å². The second kappa shape index (κ2) is 10.5. The lowest BCUT2D eigenvalue weighted by molar-refractivity contribution is -0.121. The van der Waals surface area contributed by atoms with Crippen molar-refractivity contribution in [3.05, 3.63) is 91.4 Å². The monoisotopic (exact) mass is 494 g/mol. The normalized spacial score (nSPS) is 10.9. The maximum Gasteiger partial charge on any atom is 0.352 e. The van der Waals surface area contributed by atoms with Crippen molar-refractivity contribution < 1.29 is 9.32 Å². The number of hydrogen-bond donors (Lipinski definition) is 1. The molecule has 10 nitrogen and oxygen atoms in total. The third-order valence-corrected chi connectivity index (χ3v) is 5.52. The molecular weight excluding hydrogens is 472 g/mol. The van der Waals surface area contributed by atoms with Gasteiger partial charge in [0.2, 0.25) is 17.6 Å². The molecule has 1 amide bonds. The summed E-state index contributed by atoms with van der Waals surface area (Å²) in [4.78, 5) is 42.1. The Morgan fingerprint density at radius 2 is 1.91 bits per heavy atom. The van der Waals surface area contributed by atoms with Crippen molar-refractivity contribution in [2.75, 3.05) is 0 Å². The molecule has 0 aliphatic heterocycles. The lowest BCUT2D eigenvalue weighted by Crippen LogP contribution is -2.41. The third kappa shape index (κ3) is 5.55. The van der Waals surface area contributed by atoms with Gasteiger partial charge < -0.3 is 9.84 Å². The molecule has 180 valence electrons. The van der Waals surface area contributed by atoms with E-state index in [4.69, 9.17) is 16.1 Å². The standard InChI is InChI=1S/C24H23ClN6O4/c1-3-30-23(33)21(28-31(24(30)34)18-9-7-17(25)8-10-18)22-27-20(35-29-22)12-11-19(32)26-14-16-6-4-5-15(2)13-16/h4-10,13H,3,11-12,14H2,1-2H3,(H,26,32). The van der Waals surface area contributed by atoms with Gasteiger partial charge in [-0.2, -0.15) is 14.8 Å². The molecule has 4 rings (SSSR count). The van der Waals surface area contributed by atoms with E-state index in [1.807, 2.05) is 31.2 Å². The van der Waals surface area contributed by atoms with Gasteiger partial charge in [-0.15, -0.1) is 0 Å². The number of hydrogen-bond acceptors (Lipinski definition) is 7. The Labute approximate surface area is 205 Å². The van der Waals surface area contributed by atoms with Crippen LogP contribution in [0.2, 0.25) is 5.02 Å². The summed E-state index contributed by atoms with van der Waals surface area (Å²) in [5.41, 5.74) is 1.18. The fraction of sp³-hybridized carbons (Fsp3) is 0.250. The highest BCUT2D eigenvalue weighted by Gasteiger charge is 2.20. The molecule has 0 fully saturated rings. The van der Waals surface area contributed by atoms with E-state index in [0.717, 1.165) is 20.4 Å². The van der Waals surface area contributed by atoms with Gasteiger partial charge in [0.25, 0.3) is 5.56 Å². The van der Waals surface area contributed by atoms with Gasteiger partial charge in [-0.05, 0) is 43.7 Å². The number of benzene rings is 2.